The van der Waals surface area contributed by atoms with Gasteiger partial charge in [0.25, 0.3) is 0 Å². The lowest BCUT2D eigenvalue weighted by Crippen LogP contribution is -2.19. The van der Waals surface area contributed by atoms with Crippen LogP contribution in [0.15, 0.2) is 12.1 Å². The van der Waals surface area contributed by atoms with E-state index in [0.29, 0.717) is 0 Å². The third-order valence-electron chi connectivity index (χ3n) is 3.14. The van der Waals surface area contributed by atoms with Crippen molar-refractivity contribution in [2.24, 2.45) is 5.73 Å². The molecular formula is C13H19NO. The Balaban J connectivity index is 2.48. The summed E-state index contributed by atoms with van der Waals surface area (Å²) in [7, 11) is 0. The molecule has 1 aliphatic rings. The zero-order valence-corrected chi connectivity index (χ0v) is 9.55. The smallest absolute Gasteiger partial charge is 0.122 e. The van der Waals surface area contributed by atoms with Crippen molar-refractivity contribution < 1.29 is 4.74 Å². The van der Waals surface area contributed by atoms with Gasteiger partial charge in [0.15, 0.2) is 0 Å². The molecule has 0 amide bonds. The normalized spacial score (nSPS) is 19.8. The van der Waals surface area contributed by atoms with E-state index in [4.69, 9.17) is 10.5 Å². The van der Waals surface area contributed by atoms with Crippen LogP contribution in [0.1, 0.15) is 42.5 Å². The van der Waals surface area contributed by atoms with Gasteiger partial charge < -0.3 is 10.5 Å². The molecule has 1 aromatic carbocycles. The van der Waals surface area contributed by atoms with Gasteiger partial charge in [-0.25, -0.2) is 0 Å². The molecule has 0 unspecified atom stereocenters. The van der Waals surface area contributed by atoms with Crippen LogP contribution < -0.4 is 10.5 Å². The van der Waals surface area contributed by atoms with E-state index < -0.39 is 0 Å². The predicted molar refractivity (Wildman–Crippen MR) is 62.2 cm³/mol. The van der Waals surface area contributed by atoms with Gasteiger partial charge in [0.2, 0.25) is 0 Å². The molecule has 2 nitrogen and oxygen atoms in total. The van der Waals surface area contributed by atoms with Gasteiger partial charge in [-0.3, -0.25) is 0 Å². The van der Waals surface area contributed by atoms with Crippen molar-refractivity contribution >= 4 is 0 Å². The quantitative estimate of drug-likeness (QED) is 0.805. The highest BCUT2D eigenvalue weighted by Gasteiger charge is 2.21. The first-order chi connectivity index (χ1) is 7.24. The van der Waals surface area contributed by atoms with E-state index in [0.717, 1.165) is 25.2 Å². The van der Waals surface area contributed by atoms with Crippen LogP contribution in [0.3, 0.4) is 0 Å². The number of ether oxygens (including phenoxy) is 1. The van der Waals surface area contributed by atoms with Gasteiger partial charge in [0.05, 0.1) is 6.61 Å². The molecule has 2 N–H and O–H groups in total. The largest absolute Gasteiger partial charge is 0.494 e. The molecule has 15 heavy (non-hydrogen) atoms. The first-order valence-corrected chi connectivity index (χ1v) is 5.74. The fraction of sp³-hybridized carbons (Fsp3) is 0.538. The fourth-order valence-electron chi connectivity index (χ4n) is 2.47. The molecule has 82 valence electrons. The molecule has 0 aromatic heterocycles. The molecule has 0 fully saturated rings. The summed E-state index contributed by atoms with van der Waals surface area (Å²) in [6.45, 7) is 4.89. The molecule has 2 heteroatoms. The zero-order valence-electron chi connectivity index (χ0n) is 9.55. The summed E-state index contributed by atoms with van der Waals surface area (Å²) >= 11 is 0. The Morgan fingerprint density at radius 3 is 3.00 bits per heavy atom. The third-order valence-corrected chi connectivity index (χ3v) is 3.14. The topological polar surface area (TPSA) is 35.2 Å². The summed E-state index contributed by atoms with van der Waals surface area (Å²) in [6, 6.07) is 4.40. The van der Waals surface area contributed by atoms with E-state index in [1.807, 2.05) is 6.92 Å². The Hall–Kier alpha value is -1.02. The average Bonchev–Trinajstić information content (AvgIpc) is 2.22. The van der Waals surface area contributed by atoms with Gasteiger partial charge in [-0.15, -0.1) is 0 Å². The predicted octanol–water partition coefficient (Wildman–Crippen LogP) is 2.73. The lowest BCUT2D eigenvalue weighted by molar-refractivity contribution is 0.333. The lowest BCUT2D eigenvalue weighted by Gasteiger charge is -2.26. The number of rotatable bonds is 2. The van der Waals surface area contributed by atoms with Gasteiger partial charge in [0.1, 0.15) is 5.75 Å². The summed E-state index contributed by atoms with van der Waals surface area (Å²) in [5.74, 6) is 1.04. The average molecular weight is 205 g/mol. The molecule has 0 bridgehead atoms. The highest BCUT2D eigenvalue weighted by Crippen LogP contribution is 2.36. The summed E-state index contributed by atoms with van der Waals surface area (Å²) in [6.07, 6.45) is 3.39. The van der Waals surface area contributed by atoms with Crippen LogP contribution in [-0.4, -0.2) is 6.61 Å². The molecule has 0 heterocycles. The van der Waals surface area contributed by atoms with Crippen LogP contribution in [-0.2, 0) is 6.42 Å². The van der Waals surface area contributed by atoms with Gasteiger partial charge in [0, 0.05) is 6.04 Å². The number of hydrogen-bond acceptors (Lipinski definition) is 2. The Morgan fingerprint density at radius 1 is 1.47 bits per heavy atom. The van der Waals surface area contributed by atoms with Crippen LogP contribution in [0.4, 0.5) is 0 Å². The van der Waals surface area contributed by atoms with Crippen molar-refractivity contribution in [2.75, 3.05) is 6.61 Å². The standard InChI is InChI=1S/C13H19NO/c1-3-15-12-8-7-9(2)13-10(12)5-4-6-11(13)14/h7-8,11H,3-6,14H2,1-2H3/t11-/m0/s1. The highest BCUT2D eigenvalue weighted by molar-refractivity contribution is 5.47. The SMILES string of the molecule is CCOc1ccc(C)c2c1CCC[C@@H]2N. The van der Waals surface area contributed by atoms with Crippen molar-refractivity contribution in [2.45, 2.75) is 39.2 Å². The monoisotopic (exact) mass is 205 g/mol. The Bertz CT molecular complexity index is 360. The second-order valence-electron chi connectivity index (χ2n) is 4.20. The molecule has 1 atom stereocenters. The van der Waals surface area contributed by atoms with Crippen LogP contribution in [0.5, 0.6) is 5.75 Å². The van der Waals surface area contributed by atoms with Gasteiger partial charge in [-0.1, -0.05) is 6.07 Å². The van der Waals surface area contributed by atoms with Gasteiger partial charge in [-0.2, -0.15) is 0 Å². The molecule has 1 aromatic rings. The number of nitrogens with two attached hydrogens (primary N) is 1. The maximum absolute atomic E-state index is 6.16. The second-order valence-corrected chi connectivity index (χ2v) is 4.20. The Labute approximate surface area is 91.4 Å². The van der Waals surface area contributed by atoms with Gasteiger partial charge >= 0.3 is 0 Å². The van der Waals surface area contributed by atoms with E-state index in [9.17, 15) is 0 Å². The van der Waals surface area contributed by atoms with E-state index in [-0.39, 0.29) is 6.04 Å². The van der Waals surface area contributed by atoms with Crippen molar-refractivity contribution in [1.82, 2.24) is 0 Å². The molecule has 0 saturated carbocycles. The minimum atomic E-state index is 0.203. The Morgan fingerprint density at radius 2 is 2.27 bits per heavy atom. The number of benzene rings is 1. The maximum Gasteiger partial charge on any atom is 0.122 e. The van der Waals surface area contributed by atoms with Gasteiger partial charge in [-0.05, 0) is 55.9 Å². The third kappa shape index (κ3) is 1.86. The van der Waals surface area contributed by atoms with Crippen molar-refractivity contribution in [3.05, 3.63) is 28.8 Å². The van der Waals surface area contributed by atoms with Crippen LogP contribution in [0.2, 0.25) is 0 Å². The van der Waals surface area contributed by atoms with Crippen molar-refractivity contribution in [3.63, 3.8) is 0 Å². The number of aryl methyl sites for hydroxylation is 1. The summed E-state index contributed by atoms with van der Waals surface area (Å²) < 4.78 is 5.65. The van der Waals surface area contributed by atoms with Crippen LogP contribution >= 0.6 is 0 Å². The maximum atomic E-state index is 6.16. The first-order valence-electron chi connectivity index (χ1n) is 5.74. The van der Waals surface area contributed by atoms with Crippen LogP contribution in [0, 0.1) is 6.92 Å². The Kier molecular flexibility index (Phi) is 2.96. The first kappa shape index (κ1) is 10.5. The fourth-order valence-corrected chi connectivity index (χ4v) is 2.47. The summed E-state index contributed by atoms with van der Waals surface area (Å²) in [4.78, 5) is 0. The minimum absolute atomic E-state index is 0.203. The highest BCUT2D eigenvalue weighted by atomic mass is 16.5. The zero-order chi connectivity index (χ0) is 10.8. The van der Waals surface area contributed by atoms with Crippen molar-refractivity contribution in [3.8, 4) is 5.75 Å². The van der Waals surface area contributed by atoms with Crippen LogP contribution in [0.25, 0.3) is 0 Å². The van der Waals surface area contributed by atoms with E-state index in [1.165, 1.54) is 23.1 Å². The summed E-state index contributed by atoms with van der Waals surface area (Å²) in [5.41, 5.74) is 10.1. The molecule has 0 saturated heterocycles. The number of hydrogen-bond donors (Lipinski definition) is 1. The lowest BCUT2D eigenvalue weighted by atomic mass is 9.85. The van der Waals surface area contributed by atoms with E-state index >= 15 is 0 Å². The van der Waals surface area contributed by atoms with E-state index in [2.05, 4.69) is 19.1 Å². The molecule has 0 spiro atoms. The molecular weight excluding hydrogens is 186 g/mol. The molecule has 1 aliphatic carbocycles. The van der Waals surface area contributed by atoms with Crippen molar-refractivity contribution in [1.29, 1.82) is 0 Å². The second kappa shape index (κ2) is 4.23. The summed E-state index contributed by atoms with van der Waals surface area (Å²) in [5, 5.41) is 0. The minimum Gasteiger partial charge on any atom is -0.494 e. The number of fused-ring (bicyclic) bond motifs is 1. The molecule has 2 rings (SSSR count). The molecule has 0 radical (unpaired) electrons. The van der Waals surface area contributed by atoms with E-state index in [1.54, 1.807) is 0 Å². The molecule has 0 aliphatic heterocycles.